The number of hydrogen-bond acceptors (Lipinski definition) is 2. The fourth-order valence-corrected chi connectivity index (χ4v) is 4.50. The van der Waals surface area contributed by atoms with E-state index in [0.29, 0.717) is 6.04 Å². The summed E-state index contributed by atoms with van der Waals surface area (Å²) >= 11 is 0. The molecule has 1 aliphatic heterocycles. The molecular formula is C31H46F6N2. The van der Waals surface area contributed by atoms with Crippen LogP contribution in [0.4, 0.5) is 26.3 Å². The lowest BCUT2D eigenvalue weighted by molar-refractivity contribution is -0.143. The van der Waals surface area contributed by atoms with Crippen molar-refractivity contribution in [3.05, 3.63) is 83.4 Å². The zero-order chi connectivity index (χ0) is 30.2. The molecule has 0 aliphatic carbocycles. The first kappa shape index (κ1) is 36.7. The van der Waals surface area contributed by atoms with Crippen LogP contribution in [0.15, 0.2) is 61.2 Å². The van der Waals surface area contributed by atoms with Crippen LogP contribution in [0, 0.1) is 0 Å². The number of nitrogens with one attached hydrogen (secondary N) is 1. The summed E-state index contributed by atoms with van der Waals surface area (Å²) in [5.41, 5.74) is -1.37. The Morgan fingerprint density at radius 1 is 0.846 bits per heavy atom. The Balaban J connectivity index is 0.00000189. The van der Waals surface area contributed by atoms with Crippen molar-refractivity contribution in [1.82, 2.24) is 10.2 Å². The van der Waals surface area contributed by atoms with E-state index in [0.717, 1.165) is 37.8 Å². The standard InChI is InChI=1S/C24H28F6N2.C3H6.2C2H6/c1-3-21-13-20(14-22(32(21)2)11-16-7-5-4-6-8-16)31-15-17-9-18(23(25,26)27)12-19(10-17)24(28,29)30;1-3-2;2*1-2/h4-10,12,20-22,31H,3,11,13-15H2,1-2H3;3H,1H2,2H3;2*1-2H3. The molecule has 1 heterocycles. The molecule has 222 valence electrons. The van der Waals surface area contributed by atoms with Crippen LogP contribution in [0.25, 0.3) is 0 Å². The lowest BCUT2D eigenvalue weighted by Crippen LogP contribution is -2.52. The largest absolute Gasteiger partial charge is 0.416 e. The molecule has 0 spiro atoms. The molecule has 39 heavy (non-hydrogen) atoms. The Kier molecular flexibility index (Phi) is 17.0. The molecule has 1 saturated heterocycles. The Hall–Kier alpha value is -2.32. The summed E-state index contributed by atoms with van der Waals surface area (Å²) in [7, 11) is 2.08. The van der Waals surface area contributed by atoms with Crippen LogP contribution in [0.3, 0.4) is 0 Å². The second-order valence-electron chi connectivity index (χ2n) is 8.94. The minimum atomic E-state index is -4.84. The van der Waals surface area contributed by atoms with Crippen molar-refractivity contribution in [1.29, 1.82) is 0 Å². The number of nitrogens with zero attached hydrogens (tertiary/aromatic N) is 1. The van der Waals surface area contributed by atoms with Crippen molar-refractivity contribution < 1.29 is 26.3 Å². The van der Waals surface area contributed by atoms with E-state index >= 15 is 0 Å². The number of halogens is 6. The highest BCUT2D eigenvalue weighted by Gasteiger charge is 2.37. The van der Waals surface area contributed by atoms with Crippen molar-refractivity contribution in [3.63, 3.8) is 0 Å². The summed E-state index contributed by atoms with van der Waals surface area (Å²) in [6, 6.07) is 12.4. The average molecular weight is 561 g/mol. The minimum Gasteiger partial charge on any atom is -0.310 e. The van der Waals surface area contributed by atoms with Gasteiger partial charge in [-0.1, -0.05) is 71.0 Å². The van der Waals surface area contributed by atoms with E-state index in [2.05, 4.69) is 42.9 Å². The van der Waals surface area contributed by atoms with Gasteiger partial charge >= 0.3 is 12.4 Å². The SMILES string of the molecule is C=CC.CC.CC.CCC1CC(NCc2cc(C(F)(F)F)cc(C(F)(F)F)c2)CC(Cc2ccccc2)N1C. The minimum absolute atomic E-state index is 0.00809. The molecule has 0 bridgehead atoms. The Morgan fingerprint density at radius 3 is 1.74 bits per heavy atom. The van der Waals surface area contributed by atoms with Crippen LogP contribution in [-0.2, 0) is 25.3 Å². The summed E-state index contributed by atoms with van der Waals surface area (Å²) < 4.78 is 78.8. The molecule has 1 fully saturated rings. The van der Waals surface area contributed by atoms with Crippen LogP contribution < -0.4 is 5.32 Å². The quantitative estimate of drug-likeness (QED) is 0.280. The maximum Gasteiger partial charge on any atom is 0.416 e. The zero-order valence-corrected chi connectivity index (χ0v) is 24.4. The average Bonchev–Trinajstić information content (AvgIpc) is 2.91. The zero-order valence-electron chi connectivity index (χ0n) is 24.4. The van der Waals surface area contributed by atoms with Gasteiger partial charge in [0.15, 0.2) is 0 Å². The van der Waals surface area contributed by atoms with E-state index in [4.69, 9.17) is 0 Å². The maximum absolute atomic E-state index is 13.1. The van der Waals surface area contributed by atoms with Gasteiger partial charge in [0.1, 0.15) is 0 Å². The van der Waals surface area contributed by atoms with Crippen LogP contribution >= 0.6 is 0 Å². The molecular weight excluding hydrogens is 514 g/mol. The molecule has 2 nitrogen and oxygen atoms in total. The predicted molar refractivity (Wildman–Crippen MR) is 151 cm³/mol. The van der Waals surface area contributed by atoms with Crippen molar-refractivity contribution in [2.75, 3.05) is 7.05 Å². The highest BCUT2D eigenvalue weighted by atomic mass is 19.4. The van der Waals surface area contributed by atoms with Crippen molar-refractivity contribution in [2.45, 2.75) is 104 Å². The van der Waals surface area contributed by atoms with Gasteiger partial charge in [-0.15, -0.1) is 6.58 Å². The Labute approximate surface area is 231 Å². The molecule has 3 rings (SSSR count). The van der Waals surface area contributed by atoms with Gasteiger partial charge < -0.3 is 10.2 Å². The molecule has 1 N–H and O–H groups in total. The highest BCUT2D eigenvalue weighted by Crippen LogP contribution is 2.36. The van der Waals surface area contributed by atoms with Gasteiger partial charge in [0, 0.05) is 24.7 Å². The molecule has 1 aliphatic rings. The van der Waals surface area contributed by atoms with Gasteiger partial charge in [-0.3, -0.25) is 0 Å². The first-order chi connectivity index (χ1) is 18.4. The van der Waals surface area contributed by atoms with Gasteiger partial charge in [-0.2, -0.15) is 26.3 Å². The third-order valence-electron chi connectivity index (χ3n) is 6.29. The van der Waals surface area contributed by atoms with E-state index < -0.39 is 23.5 Å². The number of rotatable bonds is 6. The molecule has 0 aromatic heterocycles. The maximum atomic E-state index is 13.1. The molecule has 2 aromatic rings. The Morgan fingerprint density at radius 2 is 1.31 bits per heavy atom. The van der Waals surface area contributed by atoms with Crippen molar-refractivity contribution >= 4 is 0 Å². The third-order valence-corrected chi connectivity index (χ3v) is 6.29. The number of likely N-dealkylation sites (tertiary alicyclic amines) is 1. The van der Waals surface area contributed by atoms with E-state index in [9.17, 15) is 26.3 Å². The van der Waals surface area contributed by atoms with Gasteiger partial charge in [0.2, 0.25) is 0 Å². The van der Waals surface area contributed by atoms with Crippen molar-refractivity contribution in [2.24, 2.45) is 0 Å². The number of allylic oxidation sites excluding steroid dienone is 1. The normalized spacial score (nSPS) is 19.4. The summed E-state index contributed by atoms with van der Waals surface area (Å²) in [5.74, 6) is 0. The first-order valence-corrected chi connectivity index (χ1v) is 13.7. The molecule has 0 radical (unpaired) electrons. The van der Waals surface area contributed by atoms with E-state index in [1.165, 1.54) is 5.56 Å². The van der Waals surface area contributed by atoms with Gasteiger partial charge in [0.05, 0.1) is 11.1 Å². The second kappa shape index (κ2) is 18.1. The summed E-state index contributed by atoms with van der Waals surface area (Å²) in [6.07, 6.45) is -4.60. The molecule has 0 saturated carbocycles. The number of alkyl halides is 6. The fourth-order valence-electron chi connectivity index (χ4n) is 4.50. The lowest BCUT2D eigenvalue weighted by atomic mass is 9.87. The lowest BCUT2D eigenvalue weighted by Gasteiger charge is -2.43. The Bertz CT molecular complexity index is 893. The summed E-state index contributed by atoms with van der Waals surface area (Å²) in [5, 5.41) is 3.23. The van der Waals surface area contributed by atoms with Crippen LogP contribution in [0.5, 0.6) is 0 Å². The van der Waals surface area contributed by atoms with E-state index in [1.54, 1.807) is 6.08 Å². The number of benzene rings is 2. The van der Waals surface area contributed by atoms with E-state index in [1.807, 2.05) is 52.8 Å². The number of hydrogen-bond donors (Lipinski definition) is 1. The van der Waals surface area contributed by atoms with Gasteiger partial charge in [-0.25, -0.2) is 0 Å². The molecule has 8 heteroatoms. The van der Waals surface area contributed by atoms with Crippen LogP contribution in [-0.4, -0.2) is 30.1 Å². The number of piperidine rings is 1. The van der Waals surface area contributed by atoms with Gasteiger partial charge in [0.25, 0.3) is 0 Å². The summed E-state index contributed by atoms with van der Waals surface area (Å²) in [6.45, 7) is 15.3. The van der Waals surface area contributed by atoms with Crippen LogP contribution in [0.2, 0.25) is 0 Å². The van der Waals surface area contributed by atoms with Crippen LogP contribution in [0.1, 0.15) is 83.1 Å². The fraction of sp³-hybridized carbons (Fsp3) is 0.548. The topological polar surface area (TPSA) is 15.3 Å². The van der Waals surface area contributed by atoms with Crippen molar-refractivity contribution in [3.8, 4) is 0 Å². The monoisotopic (exact) mass is 560 g/mol. The molecule has 3 atom stereocenters. The summed E-state index contributed by atoms with van der Waals surface area (Å²) in [4.78, 5) is 2.34. The molecule has 3 unspecified atom stereocenters. The molecule has 0 amide bonds. The first-order valence-electron chi connectivity index (χ1n) is 13.7. The number of likely N-dealkylation sites (N-methyl/N-ethyl adjacent to an activating group) is 1. The smallest absolute Gasteiger partial charge is 0.310 e. The van der Waals surface area contributed by atoms with Gasteiger partial charge in [-0.05, 0) is 69.0 Å². The molecule has 2 aromatic carbocycles. The second-order valence-corrected chi connectivity index (χ2v) is 8.94. The third kappa shape index (κ3) is 12.6. The highest BCUT2D eigenvalue weighted by molar-refractivity contribution is 5.33. The predicted octanol–water partition coefficient (Wildman–Crippen LogP) is 9.54. The van der Waals surface area contributed by atoms with E-state index in [-0.39, 0.29) is 30.3 Å².